The maximum absolute atomic E-state index is 13.6. The van der Waals surface area contributed by atoms with Crippen molar-refractivity contribution in [2.75, 3.05) is 20.6 Å². The topological polar surface area (TPSA) is 154 Å². The average Bonchev–Trinajstić information content (AvgIpc) is 3.14. The Bertz CT molecular complexity index is 1120. The molecule has 0 spiro atoms. The Morgan fingerprint density at radius 2 is 1.82 bits per heavy atom. The van der Waals surface area contributed by atoms with Crippen LogP contribution in [-0.4, -0.2) is 85.3 Å². The zero-order valence-electron chi connectivity index (χ0n) is 23.8. The number of carbonyl (C=O) groups excluding carboxylic acids is 4. The van der Waals surface area contributed by atoms with Gasteiger partial charge in [0.25, 0.3) is 5.91 Å². The summed E-state index contributed by atoms with van der Waals surface area (Å²) in [5.74, 6) is -1.72. The summed E-state index contributed by atoms with van der Waals surface area (Å²) in [5, 5.41) is 5.52. The van der Waals surface area contributed by atoms with Gasteiger partial charge in [-0.05, 0) is 59.3 Å². The molecule has 12 nitrogen and oxygen atoms in total. The molecule has 0 aromatic heterocycles. The van der Waals surface area contributed by atoms with Crippen LogP contribution in [0.3, 0.4) is 0 Å². The molecular weight excluding hydrogens is 526 g/mol. The monoisotopic (exact) mass is 569 g/mol. The van der Waals surface area contributed by atoms with Gasteiger partial charge in [0.05, 0.1) is 0 Å². The molecule has 39 heavy (non-hydrogen) atoms. The summed E-state index contributed by atoms with van der Waals surface area (Å²) < 4.78 is 33.2. The molecule has 2 aliphatic heterocycles. The summed E-state index contributed by atoms with van der Waals surface area (Å²) in [5.41, 5.74) is -3.00. The zero-order chi connectivity index (χ0) is 29.2. The molecule has 1 aliphatic carbocycles. The number of rotatable bonds is 4. The third-order valence-corrected chi connectivity index (χ3v) is 8.99. The Morgan fingerprint density at radius 1 is 1.13 bits per heavy atom. The number of hydrogen-bond donors (Lipinski definition) is 3. The van der Waals surface area contributed by atoms with Crippen LogP contribution in [0.2, 0.25) is 0 Å². The largest absolute Gasteiger partial charge is 0.444 e. The fourth-order valence-corrected chi connectivity index (χ4v) is 5.81. The van der Waals surface area contributed by atoms with E-state index < -0.39 is 56.8 Å². The second-order valence-corrected chi connectivity index (χ2v) is 14.0. The molecule has 3 N–H and O–H groups in total. The molecule has 13 heteroatoms. The molecule has 0 aromatic rings. The lowest BCUT2D eigenvalue weighted by Gasteiger charge is -2.31. The number of nitrogens with zero attached hydrogens (tertiary/aromatic N) is 2. The van der Waals surface area contributed by atoms with Crippen LogP contribution in [0.1, 0.15) is 79.1 Å². The first kappa shape index (κ1) is 30.9. The molecule has 1 saturated heterocycles. The molecule has 4 atom stereocenters. The van der Waals surface area contributed by atoms with Crippen LogP contribution >= 0.6 is 0 Å². The summed E-state index contributed by atoms with van der Waals surface area (Å²) in [7, 11) is -1.48. The highest BCUT2D eigenvalue weighted by Gasteiger charge is 2.69. The molecule has 3 rings (SSSR count). The predicted octanol–water partition coefficient (Wildman–Crippen LogP) is 1.58. The van der Waals surface area contributed by atoms with Crippen LogP contribution in [0.5, 0.6) is 0 Å². The number of amides is 4. The molecule has 0 radical (unpaired) electrons. The second kappa shape index (κ2) is 11.4. The number of nitrogens with one attached hydrogen (secondary N) is 3. The van der Waals surface area contributed by atoms with Gasteiger partial charge in [0, 0.05) is 26.1 Å². The highest BCUT2D eigenvalue weighted by Crippen LogP contribution is 2.57. The van der Waals surface area contributed by atoms with Gasteiger partial charge in [-0.25, -0.2) is 9.52 Å². The van der Waals surface area contributed by atoms with E-state index in [2.05, 4.69) is 15.4 Å². The SMILES string of the molecule is CN(C)S(=O)(=O)NC(=O)C12CC1(C)C=CCCCCCC(NC(=O)OC(C)(C)C)C(=O)N1CCCC1C(=O)N2. The Kier molecular flexibility index (Phi) is 9.05. The van der Waals surface area contributed by atoms with E-state index >= 15 is 0 Å². The van der Waals surface area contributed by atoms with Gasteiger partial charge in [0.15, 0.2) is 0 Å². The van der Waals surface area contributed by atoms with Crippen LogP contribution in [0.4, 0.5) is 4.79 Å². The quantitative estimate of drug-likeness (QED) is 0.434. The minimum atomic E-state index is -4.08. The summed E-state index contributed by atoms with van der Waals surface area (Å²) >= 11 is 0. The first-order valence-corrected chi connectivity index (χ1v) is 15.0. The van der Waals surface area contributed by atoms with E-state index in [1.54, 1.807) is 20.8 Å². The van der Waals surface area contributed by atoms with E-state index in [-0.39, 0.29) is 12.3 Å². The van der Waals surface area contributed by atoms with Crippen molar-refractivity contribution < 1.29 is 32.3 Å². The Labute approximate surface area is 231 Å². The van der Waals surface area contributed by atoms with E-state index in [4.69, 9.17) is 4.74 Å². The van der Waals surface area contributed by atoms with Crippen molar-refractivity contribution in [1.82, 2.24) is 24.6 Å². The average molecular weight is 570 g/mol. The first-order chi connectivity index (χ1) is 18.0. The van der Waals surface area contributed by atoms with Gasteiger partial charge in [-0.1, -0.05) is 31.9 Å². The summed E-state index contributed by atoms with van der Waals surface area (Å²) in [6.07, 6.45) is 7.75. The lowest BCUT2D eigenvalue weighted by Crippen LogP contribution is -2.59. The number of ether oxygens (including phenoxy) is 1. The van der Waals surface area contributed by atoms with E-state index in [0.717, 1.165) is 17.1 Å². The van der Waals surface area contributed by atoms with Crippen LogP contribution < -0.4 is 15.4 Å². The third-order valence-electron chi connectivity index (χ3n) is 7.59. The number of alkyl carbamates (subject to hydrolysis) is 1. The third kappa shape index (κ3) is 7.10. The minimum absolute atomic E-state index is 0.223. The van der Waals surface area contributed by atoms with Crippen LogP contribution in [0, 0.1) is 5.41 Å². The van der Waals surface area contributed by atoms with Crippen molar-refractivity contribution in [2.45, 2.75) is 102 Å². The van der Waals surface area contributed by atoms with Gasteiger partial charge < -0.3 is 20.3 Å². The Morgan fingerprint density at radius 3 is 2.46 bits per heavy atom. The normalized spacial score (nSPS) is 30.4. The van der Waals surface area contributed by atoms with E-state index in [0.29, 0.717) is 38.6 Å². The molecule has 220 valence electrons. The van der Waals surface area contributed by atoms with Gasteiger partial charge in [-0.15, -0.1) is 0 Å². The Balaban J connectivity index is 1.89. The van der Waals surface area contributed by atoms with Gasteiger partial charge in [0.1, 0.15) is 23.2 Å². The van der Waals surface area contributed by atoms with E-state index in [9.17, 15) is 27.6 Å². The number of fused-ring (bicyclic) bond motifs is 2. The molecule has 3 aliphatic rings. The van der Waals surface area contributed by atoms with Crippen molar-refractivity contribution in [3.63, 3.8) is 0 Å². The maximum Gasteiger partial charge on any atom is 0.408 e. The lowest BCUT2D eigenvalue weighted by molar-refractivity contribution is -0.141. The van der Waals surface area contributed by atoms with Gasteiger partial charge in [-0.3, -0.25) is 14.4 Å². The molecule has 1 saturated carbocycles. The highest BCUT2D eigenvalue weighted by atomic mass is 32.2. The van der Waals surface area contributed by atoms with Crippen molar-refractivity contribution in [2.24, 2.45) is 5.41 Å². The fraction of sp³-hybridized carbons (Fsp3) is 0.769. The van der Waals surface area contributed by atoms with Crippen molar-refractivity contribution in [3.05, 3.63) is 12.2 Å². The molecule has 0 bridgehead atoms. The Hall–Kier alpha value is -2.67. The van der Waals surface area contributed by atoms with Crippen molar-refractivity contribution in [3.8, 4) is 0 Å². The lowest BCUT2D eigenvalue weighted by atomic mass is 9.99. The second-order valence-electron chi connectivity index (χ2n) is 12.1. The van der Waals surface area contributed by atoms with E-state index in [1.165, 1.54) is 19.0 Å². The van der Waals surface area contributed by atoms with Crippen LogP contribution in [0.25, 0.3) is 0 Å². The van der Waals surface area contributed by atoms with Gasteiger partial charge in [-0.2, -0.15) is 12.7 Å². The molecule has 2 fully saturated rings. The minimum Gasteiger partial charge on any atom is -0.444 e. The molecular formula is C26H43N5O7S. The highest BCUT2D eigenvalue weighted by molar-refractivity contribution is 7.87. The summed E-state index contributed by atoms with van der Waals surface area (Å²) in [4.78, 5) is 54.6. The number of carbonyl (C=O) groups is 4. The first-order valence-electron chi connectivity index (χ1n) is 13.6. The van der Waals surface area contributed by atoms with E-state index in [1.807, 2.05) is 19.1 Å². The zero-order valence-corrected chi connectivity index (χ0v) is 24.7. The number of allylic oxidation sites excluding steroid dienone is 1. The van der Waals surface area contributed by atoms with Crippen LogP contribution in [0.15, 0.2) is 12.2 Å². The van der Waals surface area contributed by atoms with Crippen molar-refractivity contribution in [1.29, 1.82) is 0 Å². The molecule has 2 heterocycles. The standard InChI is InChI=1S/C26H43N5O7S/c1-24(2,3)38-23(35)27-18-13-10-8-7-9-11-15-25(4)17-26(25,22(34)29-39(36,37)30(5)6)28-20(32)19-14-12-16-31(19)21(18)33/h11,15,18-19H,7-10,12-14,16-17H2,1-6H3,(H,27,35)(H,28,32)(H,29,34). The number of hydrogen-bond acceptors (Lipinski definition) is 7. The molecule has 0 aromatic carbocycles. The van der Waals surface area contributed by atoms with Crippen LogP contribution in [-0.2, 0) is 29.3 Å². The fourth-order valence-electron chi connectivity index (χ4n) is 5.22. The molecule has 4 amide bonds. The van der Waals surface area contributed by atoms with Gasteiger partial charge >= 0.3 is 16.3 Å². The summed E-state index contributed by atoms with van der Waals surface area (Å²) in [6, 6.07) is -1.71. The van der Waals surface area contributed by atoms with Gasteiger partial charge in [0.2, 0.25) is 11.8 Å². The molecule has 4 unspecified atom stereocenters. The predicted molar refractivity (Wildman–Crippen MR) is 144 cm³/mol. The van der Waals surface area contributed by atoms with Crippen molar-refractivity contribution >= 4 is 34.0 Å². The maximum atomic E-state index is 13.6. The summed E-state index contributed by atoms with van der Waals surface area (Å²) in [6.45, 7) is 7.35. The smallest absolute Gasteiger partial charge is 0.408 e.